The molecule has 123 valence electrons. The third-order valence-electron chi connectivity index (χ3n) is 3.62. The highest BCUT2D eigenvalue weighted by Gasteiger charge is 2.27. The number of benzene rings is 1. The normalized spacial score (nSPS) is 10.3. The number of nitriles is 1. The molecule has 1 aromatic carbocycles. The predicted octanol–water partition coefficient (Wildman–Crippen LogP) is 2.80. The number of thiophene rings is 1. The Morgan fingerprint density at radius 3 is 2.72 bits per heavy atom. The van der Waals surface area contributed by atoms with E-state index < -0.39 is 5.97 Å². The largest absolute Gasteiger partial charge is 0.462 e. The Morgan fingerprint density at radius 1 is 1.36 bits per heavy atom. The zero-order valence-electron chi connectivity index (χ0n) is 13.9. The zero-order chi connectivity index (χ0) is 17.8. The Bertz CT molecular complexity index is 941. The van der Waals surface area contributed by atoms with Crippen LogP contribution in [0.2, 0.25) is 0 Å². The lowest BCUT2D eigenvalue weighted by atomic mass is 9.76. The molecule has 25 heavy (non-hydrogen) atoms. The minimum absolute atomic E-state index is 0.272. The fourth-order valence-electron chi connectivity index (χ4n) is 2.61. The molecule has 0 fully saturated rings. The highest BCUT2D eigenvalue weighted by molar-refractivity contribution is 7.26. The molecule has 0 atom stereocenters. The summed E-state index contributed by atoms with van der Waals surface area (Å²) in [5.74, 6) is 1.59. The number of carbonyl (C=O) groups excluding carboxylic acids is 1. The van der Waals surface area contributed by atoms with Crippen LogP contribution in [0.5, 0.6) is 0 Å². The quantitative estimate of drug-likeness (QED) is 0.525. The maximum absolute atomic E-state index is 12.6. The van der Waals surface area contributed by atoms with Gasteiger partial charge >= 0.3 is 13.2 Å². The van der Waals surface area contributed by atoms with Gasteiger partial charge in [-0.25, -0.2) is 10.1 Å². The fourth-order valence-corrected chi connectivity index (χ4v) is 3.77. The highest BCUT2D eigenvalue weighted by atomic mass is 32.1. The fraction of sp³-hybridized carbons (Fsp3) is 0.167. The zero-order valence-corrected chi connectivity index (χ0v) is 14.7. The van der Waals surface area contributed by atoms with Gasteiger partial charge in [0.2, 0.25) is 0 Å². The van der Waals surface area contributed by atoms with Gasteiger partial charge in [-0.15, -0.1) is 11.3 Å². The molecule has 0 aliphatic carbocycles. The van der Waals surface area contributed by atoms with Crippen molar-refractivity contribution in [1.82, 2.24) is 9.78 Å². The summed E-state index contributed by atoms with van der Waals surface area (Å²) in [5.41, 5.74) is 2.82. The van der Waals surface area contributed by atoms with E-state index in [1.165, 1.54) is 18.6 Å². The van der Waals surface area contributed by atoms with Gasteiger partial charge in [-0.2, -0.15) is 5.10 Å². The molecular weight excluding hydrogens is 333 g/mol. The molecule has 0 aliphatic heterocycles. The average Bonchev–Trinajstić information content (AvgIpc) is 3.20. The van der Waals surface area contributed by atoms with E-state index in [2.05, 4.69) is 5.10 Å². The number of hydrogen-bond donors (Lipinski definition) is 0. The molecule has 0 N–H and O–H groups in total. The first kappa shape index (κ1) is 17.0. The van der Waals surface area contributed by atoms with Crippen molar-refractivity contribution in [2.45, 2.75) is 6.92 Å². The topological polar surface area (TPSA) is 67.9 Å². The summed E-state index contributed by atoms with van der Waals surface area (Å²) in [6, 6.07) is 11.5. The number of aryl methyl sites for hydroxylation is 1. The molecule has 0 unspecified atom stereocenters. The second-order valence-corrected chi connectivity index (χ2v) is 6.33. The maximum Gasteiger partial charge on any atom is 0.339 e. The number of rotatable bonds is 5. The standard InChI is InChI=1S/C18H15BN3O2S/c1-3-24-18(23)15-14(12-7-5-4-6-8-12)16(25-17(15)19-11-20)13-9-10-22(2)21-13/h4-10H,3H2,1-2H3. The second kappa shape index (κ2) is 7.37. The second-order valence-electron chi connectivity index (χ2n) is 5.28. The number of hydrogen-bond acceptors (Lipinski definition) is 5. The third kappa shape index (κ3) is 3.35. The van der Waals surface area contributed by atoms with Gasteiger partial charge in [0.1, 0.15) is 5.69 Å². The lowest BCUT2D eigenvalue weighted by molar-refractivity contribution is 0.0529. The Morgan fingerprint density at radius 2 is 2.12 bits per heavy atom. The molecule has 3 aromatic rings. The van der Waals surface area contributed by atoms with Crippen LogP contribution < -0.4 is 4.78 Å². The summed E-state index contributed by atoms with van der Waals surface area (Å²) in [6.07, 6.45) is 1.85. The molecular formula is C18H15BN3O2S. The maximum atomic E-state index is 12.6. The van der Waals surface area contributed by atoms with Gasteiger partial charge in [0.25, 0.3) is 0 Å². The van der Waals surface area contributed by atoms with Crippen LogP contribution in [0.4, 0.5) is 0 Å². The Balaban J connectivity index is 2.29. The minimum atomic E-state index is -0.429. The highest BCUT2D eigenvalue weighted by Crippen LogP contribution is 2.38. The van der Waals surface area contributed by atoms with Crippen LogP contribution in [0.15, 0.2) is 42.6 Å². The van der Waals surface area contributed by atoms with Gasteiger partial charge < -0.3 is 4.74 Å². The summed E-state index contributed by atoms with van der Waals surface area (Å²) in [6.45, 7) is 2.04. The molecule has 1 radical (unpaired) electrons. The van der Waals surface area contributed by atoms with E-state index in [0.29, 0.717) is 10.3 Å². The van der Waals surface area contributed by atoms with Gasteiger partial charge in [0.15, 0.2) is 0 Å². The van der Waals surface area contributed by atoms with E-state index in [-0.39, 0.29) is 6.61 Å². The van der Waals surface area contributed by atoms with Crippen molar-refractivity contribution in [2.75, 3.05) is 6.61 Å². The number of nitrogens with zero attached hydrogens (tertiary/aromatic N) is 3. The SMILES string of the molecule is CCOC(=O)c1c([B]C#N)sc(-c2ccn(C)n2)c1-c1ccccc1. The van der Waals surface area contributed by atoms with Crippen LogP contribution in [0.1, 0.15) is 17.3 Å². The molecule has 3 rings (SSSR count). The predicted molar refractivity (Wildman–Crippen MR) is 98.9 cm³/mol. The molecule has 0 saturated heterocycles. The van der Waals surface area contributed by atoms with Crippen LogP contribution in [0, 0.1) is 11.2 Å². The van der Waals surface area contributed by atoms with E-state index in [4.69, 9.17) is 10.00 Å². The molecule has 0 amide bonds. The minimum Gasteiger partial charge on any atom is -0.462 e. The summed E-state index contributed by atoms with van der Waals surface area (Å²) in [4.78, 5) is 13.5. The molecule has 2 aromatic heterocycles. The van der Waals surface area contributed by atoms with E-state index >= 15 is 0 Å². The van der Waals surface area contributed by atoms with Crippen LogP contribution in [0.25, 0.3) is 21.7 Å². The van der Waals surface area contributed by atoms with Crippen LogP contribution in [-0.4, -0.2) is 29.6 Å². The summed E-state index contributed by atoms with van der Waals surface area (Å²) in [5, 5.41) is 13.6. The number of aromatic nitrogens is 2. The first-order chi connectivity index (χ1) is 12.2. The first-order valence-electron chi connectivity index (χ1n) is 7.77. The molecule has 0 saturated carbocycles. The van der Waals surface area contributed by atoms with Gasteiger partial charge in [0.05, 0.1) is 17.0 Å². The van der Waals surface area contributed by atoms with Crippen molar-refractivity contribution in [3.63, 3.8) is 0 Å². The van der Waals surface area contributed by atoms with Crippen molar-refractivity contribution in [3.05, 3.63) is 48.2 Å². The van der Waals surface area contributed by atoms with Gasteiger partial charge in [-0.1, -0.05) is 30.3 Å². The van der Waals surface area contributed by atoms with E-state index in [0.717, 1.165) is 21.7 Å². The van der Waals surface area contributed by atoms with Gasteiger partial charge in [-0.3, -0.25) is 4.68 Å². The van der Waals surface area contributed by atoms with E-state index in [9.17, 15) is 4.79 Å². The van der Waals surface area contributed by atoms with Gasteiger partial charge in [0, 0.05) is 24.8 Å². The molecule has 0 bridgehead atoms. The monoisotopic (exact) mass is 348 g/mol. The van der Waals surface area contributed by atoms with E-state index in [1.54, 1.807) is 11.6 Å². The first-order valence-corrected chi connectivity index (χ1v) is 8.59. The van der Waals surface area contributed by atoms with Crippen molar-refractivity contribution < 1.29 is 9.53 Å². The van der Waals surface area contributed by atoms with Crippen LogP contribution in [0.3, 0.4) is 0 Å². The van der Waals surface area contributed by atoms with Crippen molar-refractivity contribution in [1.29, 1.82) is 5.26 Å². The van der Waals surface area contributed by atoms with Gasteiger partial charge in [-0.05, 0) is 23.3 Å². The lowest BCUT2D eigenvalue weighted by Gasteiger charge is -2.08. The average molecular weight is 348 g/mol. The van der Waals surface area contributed by atoms with Crippen LogP contribution >= 0.6 is 11.3 Å². The number of carbonyl (C=O) groups is 1. The molecule has 5 nitrogen and oxygen atoms in total. The number of esters is 1. The summed E-state index contributed by atoms with van der Waals surface area (Å²) in [7, 11) is 3.23. The molecule has 7 heteroatoms. The Labute approximate surface area is 150 Å². The lowest BCUT2D eigenvalue weighted by Crippen LogP contribution is -2.19. The molecule has 0 aliphatic rings. The van der Waals surface area contributed by atoms with Crippen LogP contribution in [-0.2, 0) is 11.8 Å². The Kier molecular flexibility index (Phi) is 5.01. The number of ether oxygens (including phenoxy) is 1. The van der Waals surface area contributed by atoms with E-state index in [1.807, 2.05) is 55.6 Å². The Hall–Kier alpha value is -2.85. The summed E-state index contributed by atoms with van der Waals surface area (Å²) >= 11 is 1.37. The smallest absolute Gasteiger partial charge is 0.339 e. The summed E-state index contributed by atoms with van der Waals surface area (Å²) < 4.78 is 7.54. The van der Waals surface area contributed by atoms with Crippen molar-refractivity contribution >= 4 is 29.4 Å². The molecule has 0 spiro atoms. The van der Waals surface area contributed by atoms with Crippen molar-refractivity contribution in [3.8, 4) is 27.7 Å². The third-order valence-corrected chi connectivity index (χ3v) is 4.78. The van der Waals surface area contributed by atoms with Crippen molar-refractivity contribution in [2.24, 2.45) is 7.05 Å². The molecule has 2 heterocycles.